The number of nitrogens with zero attached hydrogens (tertiary/aromatic N) is 4. The van der Waals surface area contributed by atoms with Crippen molar-refractivity contribution in [3.8, 4) is 0 Å². The Morgan fingerprint density at radius 1 is 1.24 bits per heavy atom. The van der Waals surface area contributed by atoms with Crippen molar-refractivity contribution in [2.24, 2.45) is 12.2 Å². The van der Waals surface area contributed by atoms with Gasteiger partial charge in [0, 0.05) is 31.3 Å². The third-order valence-corrected chi connectivity index (χ3v) is 5.87. The van der Waals surface area contributed by atoms with Crippen LogP contribution in [-0.4, -0.2) is 32.1 Å². The molecule has 0 radical (unpaired) electrons. The summed E-state index contributed by atoms with van der Waals surface area (Å²) in [5.41, 5.74) is 5.16. The second-order valence-corrected chi connectivity index (χ2v) is 7.92. The van der Waals surface area contributed by atoms with Gasteiger partial charge in [0.25, 0.3) is 0 Å². The quantitative estimate of drug-likeness (QED) is 0.926. The molecule has 0 atom stereocenters. The number of rotatable bonds is 3. The SMILES string of the molecule is Cc1nn(C)c2ncc(C3=NOC4(CCCCC4)C3)c(NC3CC3)c12. The van der Waals surface area contributed by atoms with E-state index in [2.05, 4.69) is 22.5 Å². The number of hydrogen-bond donors (Lipinski definition) is 1. The Hall–Kier alpha value is -2.11. The van der Waals surface area contributed by atoms with E-state index in [0.29, 0.717) is 6.04 Å². The highest BCUT2D eigenvalue weighted by Crippen LogP contribution is 2.42. The molecule has 5 rings (SSSR count). The third-order valence-electron chi connectivity index (χ3n) is 5.87. The highest BCUT2D eigenvalue weighted by molar-refractivity contribution is 6.11. The van der Waals surface area contributed by atoms with Gasteiger partial charge in [-0.15, -0.1) is 0 Å². The van der Waals surface area contributed by atoms with E-state index in [4.69, 9.17) is 9.82 Å². The Bertz CT molecular complexity index is 858. The minimum absolute atomic E-state index is 0.0661. The fourth-order valence-electron chi connectivity index (χ4n) is 4.34. The Morgan fingerprint density at radius 3 is 2.80 bits per heavy atom. The molecule has 0 unspecified atom stereocenters. The number of aromatic nitrogens is 3. The number of hydrogen-bond acceptors (Lipinski definition) is 5. The summed E-state index contributed by atoms with van der Waals surface area (Å²) in [5.74, 6) is 0. The van der Waals surface area contributed by atoms with Crippen LogP contribution in [0.4, 0.5) is 5.69 Å². The second-order valence-electron chi connectivity index (χ2n) is 7.92. The number of fused-ring (bicyclic) bond motifs is 1. The molecule has 2 fully saturated rings. The number of aryl methyl sites for hydroxylation is 2. The minimum Gasteiger partial charge on any atom is -0.389 e. The van der Waals surface area contributed by atoms with E-state index in [1.54, 1.807) is 0 Å². The van der Waals surface area contributed by atoms with Gasteiger partial charge in [0.15, 0.2) is 5.65 Å². The molecule has 0 bridgehead atoms. The van der Waals surface area contributed by atoms with E-state index < -0.39 is 0 Å². The van der Waals surface area contributed by atoms with Gasteiger partial charge in [-0.05, 0) is 45.4 Å². The molecular weight excluding hydrogens is 314 g/mol. The van der Waals surface area contributed by atoms with Crippen molar-refractivity contribution in [3.05, 3.63) is 17.5 Å². The van der Waals surface area contributed by atoms with Crippen LogP contribution in [0.5, 0.6) is 0 Å². The monoisotopic (exact) mass is 339 g/mol. The summed E-state index contributed by atoms with van der Waals surface area (Å²) in [6.45, 7) is 2.06. The summed E-state index contributed by atoms with van der Waals surface area (Å²) in [4.78, 5) is 10.7. The van der Waals surface area contributed by atoms with Gasteiger partial charge in [-0.25, -0.2) is 4.98 Å². The number of oxime groups is 1. The molecule has 2 saturated carbocycles. The van der Waals surface area contributed by atoms with Crippen LogP contribution in [-0.2, 0) is 11.9 Å². The molecule has 132 valence electrons. The summed E-state index contributed by atoms with van der Waals surface area (Å²) in [7, 11) is 1.95. The lowest BCUT2D eigenvalue weighted by molar-refractivity contribution is -0.0449. The van der Waals surface area contributed by atoms with Crippen LogP contribution in [0, 0.1) is 6.92 Å². The molecule has 1 spiro atoms. The lowest BCUT2D eigenvalue weighted by atomic mass is 9.81. The molecule has 3 heterocycles. The lowest BCUT2D eigenvalue weighted by Gasteiger charge is -2.30. The molecule has 2 aliphatic carbocycles. The largest absolute Gasteiger partial charge is 0.389 e. The average molecular weight is 339 g/mol. The Balaban J connectivity index is 1.57. The van der Waals surface area contributed by atoms with Crippen LogP contribution in [0.25, 0.3) is 11.0 Å². The minimum atomic E-state index is -0.0661. The highest BCUT2D eigenvalue weighted by atomic mass is 16.7. The van der Waals surface area contributed by atoms with E-state index >= 15 is 0 Å². The van der Waals surface area contributed by atoms with Gasteiger partial charge in [0.2, 0.25) is 0 Å². The van der Waals surface area contributed by atoms with Crippen molar-refractivity contribution >= 4 is 22.4 Å². The fraction of sp³-hybridized carbons (Fsp3) is 0.632. The summed E-state index contributed by atoms with van der Waals surface area (Å²) in [6.07, 6.45) is 11.4. The molecule has 0 aromatic carbocycles. The Kier molecular flexibility index (Phi) is 3.30. The molecule has 6 heteroatoms. The predicted molar refractivity (Wildman–Crippen MR) is 97.9 cm³/mol. The van der Waals surface area contributed by atoms with Crippen LogP contribution in [0.1, 0.15) is 62.6 Å². The zero-order chi connectivity index (χ0) is 17.0. The normalized spacial score (nSPS) is 22.2. The maximum atomic E-state index is 5.98. The van der Waals surface area contributed by atoms with Gasteiger partial charge in [-0.1, -0.05) is 11.6 Å². The molecule has 2 aromatic heterocycles. The zero-order valence-corrected chi connectivity index (χ0v) is 15.0. The summed E-state index contributed by atoms with van der Waals surface area (Å²) in [5, 5.41) is 13.9. The van der Waals surface area contributed by atoms with Crippen LogP contribution in [0.2, 0.25) is 0 Å². The van der Waals surface area contributed by atoms with Crippen LogP contribution >= 0.6 is 0 Å². The topological polar surface area (TPSA) is 64.3 Å². The van der Waals surface area contributed by atoms with Crippen LogP contribution in [0.15, 0.2) is 11.4 Å². The van der Waals surface area contributed by atoms with Crippen molar-refractivity contribution in [1.82, 2.24) is 14.8 Å². The van der Waals surface area contributed by atoms with Crippen molar-refractivity contribution in [3.63, 3.8) is 0 Å². The fourth-order valence-corrected chi connectivity index (χ4v) is 4.34. The number of nitrogens with one attached hydrogen (secondary N) is 1. The number of pyridine rings is 1. The summed E-state index contributed by atoms with van der Waals surface area (Å²) < 4.78 is 1.86. The maximum absolute atomic E-state index is 5.98. The average Bonchev–Trinajstić information content (AvgIpc) is 3.27. The zero-order valence-electron chi connectivity index (χ0n) is 15.0. The first-order chi connectivity index (χ1) is 12.2. The summed E-state index contributed by atoms with van der Waals surface area (Å²) >= 11 is 0. The van der Waals surface area contributed by atoms with E-state index in [9.17, 15) is 0 Å². The standard InChI is InChI=1S/C19H25N5O/c1-12-16-17(21-13-6-7-13)14(11-20-18(16)24(2)22-12)15-10-19(25-23-15)8-4-3-5-9-19/h11,13H,3-10H2,1-2H3,(H,20,21). The Labute approximate surface area is 147 Å². The third kappa shape index (κ3) is 2.50. The smallest absolute Gasteiger partial charge is 0.159 e. The molecule has 1 aliphatic heterocycles. The highest BCUT2D eigenvalue weighted by Gasteiger charge is 2.41. The molecule has 2 aromatic rings. The first-order valence-corrected chi connectivity index (χ1v) is 9.49. The van der Waals surface area contributed by atoms with Crippen LogP contribution in [0.3, 0.4) is 0 Å². The van der Waals surface area contributed by atoms with Gasteiger partial charge in [-0.2, -0.15) is 5.10 Å². The molecule has 0 amide bonds. The predicted octanol–water partition coefficient (Wildman–Crippen LogP) is 3.68. The molecule has 6 nitrogen and oxygen atoms in total. The van der Waals surface area contributed by atoms with Crippen molar-refractivity contribution in [2.75, 3.05) is 5.32 Å². The van der Waals surface area contributed by atoms with Gasteiger partial charge >= 0.3 is 0 Å². The first-order valence-electron chi connectivity index (χ1n) is 9.49. The second kappa shape index (κ2) is 5.44. The molecule has 25 heavy (non-hydrogen) atoms. The van der Waals surface area contributed by atoms with Crippen molar-refractivity contribution in [1.29, 1.82) is 0 Å². The van der Waals surface area contributed by atoms with Gasteiger partial charge < -0.3 is 10.2 Å². The van der Waals surface area contributed by atoms with E-state index in [-0.39, 0.29) is 5.60 Å². The van der Waals surface area contributed by atoms with E-state index in [1.165, 1.54) is 32.1 Å². The lowest BCUT2D eigenvalue weighted by Crippen LogP contribution is -2.31. The van der Waals surface area contributed by atoms with Gasteiger partial charge in [0.05, 0.1) is 22.5 Å². The number of anilines is 1. The maximum Gasteiger partial charge on any atom is 0.159 e. The van der Waals surface area contributed by atoms with E-state index in [0.717, 1.165) is 53.0 Å². The van der Waals surface area contributed by atoms with Gasteiger partial charge in [-0.3, -0.25) is 4.68 Å². The van der Waals surface area contributed by atoms with Crippen molar-refractivity contribution in [2.45, 2.75) is 69.9 Å². The molecule has 3 aliphatic rings. The first kappa shape index (κ1) is 15.2. The van der Waals surface area contributed by atoms with Gasteiger partial charge in [0.1, 0.15) is 5.60 Å². The molecule has 1 N–H and O–H groups in total. The molecular formula is C19H25N5O. The molecule has 0 saturated heterocycles. The van der Waals surface area contributed by atoms with Crippen LogP contribution < -0.4 is 5.32 Å². The summed E-state index contributed by atoms with van der Waals surface area (Å²) in [6, 6.07) is 0.565. The van der Waals surface area contributed by atoms with Crippen molar-refractivity contribution < 1.29 is 4.84 Å². The van der Waals surface area contributed by atoms with E-state index in [1.807, 2.05) is 17.9 Å². The Morgan fingerprint density at radius 2 is 2.04 bits per heavy atom.